The number of nitrogens with two attached hydrogens (primary N) is 1. The van der Waals surface area contributed by atoms with Gasteiger partial charge in [0, 0.05) is 32.0 Å². The van der Waals surface area contributed by atoms with Crippen molar-refractivity contribution >= 4 is 5.95 Å². The van der Waals surface area contributed by atoms with Gasteiger partial charge >= 0.3 is 0 Å². The lowest BCUT2D eigenvalue weighted by molar-refractivity contribution is 0.412. The summed E-state index contributed by atoms with van der Waals surface area (Å²) in [6.45, 7) is 8.49. The molecule has 2 rings (SSSR count). The predicted molar refractivity (Wildman–Crippen MR) is 71.1 cm³/mol. The zero-order valence-corrected chi connectivity index (χ0v) is 11.0. The van der Waals surface area contributed by atoms with Crippen molar-refractivity contribution in [2.45, 2.75) is 33.2 Å². The molecule has 1 aromatic heterocycles. The maximum Gasteiger partial charge on any atom is 0.205 e. The Bertz CT molecular complexity index is 345. The first-order valence-corrected chi connectivity index (χ1v) is 6.67. The largest absolute Gasteiger partial charge is 0.342 e. The molecule has 1 aliphatic heterocycles. The summed E-state index contributed by atoms with van der Waals surface area (Å²) in [5, 5.41) is 0. The van der Waals surface area contributed by atoms with Gasteiger partial charge in [-0.2, -0.15) is 0 Å². The summed E-state index contributed by atoms with van der Waals surface area (Å²) in [5.41, 5.74) is 5.78. The Hall–Kier alpha value is -1.03. The summed E-state index contributed by atoms with van der Waals surface area (Å²) < 4.78 is 2.27. The van der Waals surface area contributed by atoms with E-state index in [0.29, 0.717) is 11.8 Å². The molecule has 0 bridgehead atoms. The summed E-state index contributed by atoms with van der Waals surface area (Å²) in [6.07, 6.45) is 6.49. The van der Waals surface area contributed by atoms with Crippen molar-refractivity contribution in [3.63, 3.8) is 0 Å². The van der Waals surface area contributed by atoms with Crippen LogP contribution in [0.4, 0.5) is 5.95 Å². The highest BCUT2D eigenvalue weighted by molar-refractivity contribution is 5.32. The zero-order valence-electron chi connectivity index (χ0n) is 11.0. The molecule has 1 fully saturated rings. The van der Waals surface area contributed by atoms with E-state index in [-0.39, 0.29) is 0 Å². The molecule has 1 aliphatic rings. The van der Waals surface area contributed by atoms with E-state index in [0.717, 1.165) is 32.1 Å². The average Bonchev–Trinajstić information content (AvgIpc) is 2.76. The maximum absolute atomic E-state index is 5.78. The van der Waals surface area contributed by atoms with Crippen LogP contribution in [0.3, 0.4) is 0 Å². The molecule has 1 saturated heterocycles. The third-order valence-corrected chi connectivity index (χ3v) is 3.39. The molecule has 96 valence electrons. The van der Waals surface area contributed by atoms with Crippen LogP contribution < -0.4 is 10.6 Å². The lowest BCUT2D eigenvalue weighted by Gasteiger charge is -2.33. The van der Waals surface area contributed by atoms with E-state index in [1.54, 1.807) is 0 Å². The Kier molecular flexibility index (Phi) is 4.05. The van der Waals surface area contributed by atoms with Gasteiger partial charge in [-0.15, -0.1) is 0 Å². The Labute approximate surface area is 104 Å². The molecule has 1 aromatic rings. The Balaban J connectivity index is 2.08. The SMILES string of the molecule is CC(C)Cn1ccnc1N1CCCC(CN)C1. The number of hydrogen-bond acceptors (Lipinski definition) is 3. The molecule has 0 amide bonds. The van der Waals surface area contributed by atoms with Crippen LogP contribution in [-0.4, -0.2) is 29.2 Å². The molecule has 2 heterocycles. The number of imidazole rings is 1. The molecule has 0 aliphatic carbocycles. The number of anilines is 1. The Morgan fingerprint density at radius 1 is 1.53 bits per heavy atom. The Morgan fingerprint density at radius 2 is 2.35 bits per heavy atom. The van der Waals surface area contributed by atoms with Crippen molar-refractivity contribution in [2.24, 2.45) is 17.6 Å². The number of nitrogens with zero attached hydrogens (tertiary/aromatic N) is 3. The Morgan fingerprint density at radius 3 is 3.06 bits per heavy atom. The monoisotopic (exact) mass is 236 g/mol. The highest BCUT2D eigenvalue weighted by Crippen LogP contribution is 2.21. The minimum Gasteiger partial charge on any atom is -0.342 e. The van der Waals surface area contributed by atoms with Crippen LogP contribution in [0.25, 0.3) is 0 Å². The van der Waals surface area contributed by atoms with Crippen molar-refractivity contribution in [1.29, 1.82) is 0 Å². The molecule has 4 heteroatoms. The number of hydrogen-bond donors (Lipinski definition) is 1. The number of piperidine rings is 1. The van der Waals surface area contributed by atoms with E-state index in [4.69, 9.17) is 5.73 Å². The van der Waals surface area contributed by atoms with Gasteiger partial charge in [0.25, 0.3) is 0 Å². The second-order valence-electron chi connectivity index (χ2n) is 5.46. The van der Waals surface area contributed by atoms with Gasteiger partial charge < -0.3 is 15.2 Å². The first kappa shape index (κ1) is 12.4. The molecule has 1 atom stereocenters. The fraction of sp³-hybridized carbons (Fsp3) is 0.769. The molecule has 4 nitrogen and oxygen atoms in total. The summed E-state index contributed by atoms with van der Waals surface area (Å²) in [4.78, 5) is 6.90. The van der Waals surface area contributed by atoms with Crippen LogP contribution >= 0.6 is 0 Å². The molecule has 0 aromatic carbocycles. The van der Waals surface area contributed by atoms with E-state index in [9.17, 15) is 0 Å². The van der Waals surface area contributed by atoms with Crippen molar-refractivity contribution in [3.8, 4) is 0 Å². The minimum absolute atomic E-state index is 0.632. The van der Waals surface area contributed by atoms with Crippen molar-refractivity contribution in [2.75, 3.05) is 24.5 Å². The van der Waals surface area contributed by atoms with Crippen LogP contribution in [0.5, 0.6) is 0 Å². The van der Waals surface area contributed by atoms with Crippen LogP contribution in [0.2, 0.25) is 0 Å². The van der Waals surface area contributed by atoms with Crippen molar-refractivity contribution < 1.29 is 0 Å². The fourth-order valence-electron chi connectivity index (χ4n) is 2.56. The summed E-state index contributed by atoms with van der Waals surface area (Å²) in [7, 11) is 0. The summed E-state index contributed by atoms with van der Waals surface area (Å²) in [6, 6.07) is 0. The van der Waals surface area contributed by atoms with Gasteiger partial charge in [0.1, 0.15) is 0 Å². The maximum atomic E-state index is 5.78. The molecular weight excluding hydrogens is 212 g/mol. The summed E-state index contributed by atoms with van der Waals surface area (Å²) >= 11 is 0. The van der Waals surface area contributed by atoms with Gasteiger partial charge in [0.15, 0.2) is 0 Å². The second kappa shape index (κ2) is 5.54. The normalized spacial score (nSPS) is 21.2. The number of aromatic nitrogens is 2. The van der Waals surface area contributed by atoms with Crippen LogP contribution in [0.15, 0.2) is 12.4 Å². The van der Waals surface area contributed by atoms with E-state index < -0.39 is 0 Å². The third kappa shape index (κ3) is 3.00. The van der Waals surface area contributed by atoms with E-state index in [1.165, 1.54) is 12.8 Å². The minimum atomic E-state index is 0.632. The molecule has 0 radical (unpaired) electrons. The van der Waals surface area contributed by atoms with Gasteiger partial charge in [0.05, 0.1) is 0 Å². The van der Waals surface area contributed by atoms with Gasteiger partial charge in [-0.25, -0.2) is 4.98 Å². The molecule has 2 N–H and O–H groups in total. The highest BCUT2D eigenvalue weighted by atomic mass is 15.3. The van der Waals surface area contributed by atoms with Crippen molar-refractivity contribution in [1.82, 2.24) is 9.55 Å². The lowest BCUT2D eigenvalue weighted by Crippen LogP contribution is -2.39. The van der Waals surface area contributed by atoms with E-state index in [2.05, 4.69) is 34.5 Å². The fourth-order valence-corrected chi connectivity index (χ4v) is 2.56. The van der Waals surface area contributed by atoms with Crippen molar-refractivity contribution in [3.05, 3.63) is 12.4 Å². The van der Waals surface area contributed by atoms with E-state index >= 15 is 0 Å². The predicted octanol–water partition coefficient (Wildman–Crippen LogP) is 1.71. The third-order valence-electron chi connectivity index (χ3n) is 3.39. The summed E-state index contributed by atoms with van der Waals surface area (Å²) in [5.74, 6) is 2.41. The smallest absolute Gasteiger partial charge is 0.205 e. The number of rotatable bonds is 4. The highest BCUT2D eigenvalue weighted by Gasteiger charge is 2.21. The van der Waals surface area contributed by atoms with Gasteiger partial charge in [-0.1, -0.05) is 13.8 Å². The van der Waals surface area contributed by atoms with Gasteiger partial charge in [0.2, 0.25) is 5.95 Å². The second-order valence-corrected chi connectivity index (χ2v) is 5.46. The zero-order chi connectivity index (χ0) is 12.3. The van der Waals surface area contributed by atoms with Crippen LogP contribution in [0.1, 0.15) is 26.7 Å². The van der Waals surface area contributed by atoms with E-state index in [1.807, 2.05) is 6.20 Å². The van der Waals surface area contributed by atoms with Gasteiger partial charge in [-0.3, -0.25) is 0 Å². The molecular formula is C13H24N4. The first-order chi connectivity index (χ1) is 8.20. The van der Waals surface area contributed by atoms with Gasteiger partial charge in [-0.05, 0) is 31.2 Å². The molecule has 17 heavy (non-hydrogen) atoms. The first-order valence-electron chi connectivity index (χ1n) is 6.67. The molecule has 1 unspecified atom stereocenters. The lowest BCUT2D eigenvalue weighted by atomic mass is 9.99. The van der Waals surface area contributed by atoms with Crippen LogP contribution in [-0.2, 0) is 6.54 Å². The van der Waals surface area contributed by atoms with Crippen LogP contribution in [0, 0.1) is 11.8 Å². The molecule has 0 spiro atoms. The standard InChI is InChI=1S/C13H24N4/c1-11(2)9-17-7-5-15-13(17)16-6-3-4-12(8-14)10-16/h5,7,11-12H,3-4,6,8-10,14H2,1-2H3. The quantitative estimate of drug-likeness (QED) is 0.866. The topological polar surface area (TPSA) is 47.1 Å². The molecule has 0 saturated carbocycles. The average molecular weight is 236 g/mol.